The Morgan fingerprint density at radius 1 is 1.41 bits per heavy atom. The molecule has 1 aromatic carbocycles. The zero-order chi connectivity index (χ0) is 12.3. The van der Waals surface area contributed by atoms with Crippen molar-refractivity contribution in [2.45, 2.75) is 38.5 Å². The molecular weight excluding hydrogens is 282 g/mol. The molecule has 3 nitrogen and oxygen atoms in total. The minimum Gasteiger partial charge on any atom is -0.365 e. The summed E-state index contributed by atoms with van der Waals surface area (Å²) in [7, 11) is 0. The lowest BCUT2D eigenvalue weighted by atomic mass is 10.2. The predicted octanol–water partition coefficient (Wildman–Crippen LogP) is 2.63. The molecule has 4 heteroatoms. The SMILES string of the molecule is CC1CCC(C(=O)NCc2ccc(Br)cc2)O1. The van der Waals surface area contributed by atoms with Gasteiger partial charge in [-0.3, -0.25) is 4.79 Å². The Morgan fingerprint density at radius 3 is 2.71 bits per heavy atom. The van der Waals surface area contributed by atoms with E-state index in [0.717, 1.165) is 22.9 Å². The van der Waals surface area contributed by atoms with Crippen LogP contribution >= 0.6 is 15.9 Å². The quantitative estimate of drug-likeness (QED) is 0.931. The zero-order valence-electron chi connectivity index (χ0n) is 9.78. The highest BCUT2D eigenvalue weighted by atomic mass is 79.9. The molecule has 2 rings (SSSR count). The lowest BCUT2D eigenvalue weighted by Gasteiger charge is -2.11. The van der Waals surface area contributed by atoms with Crippen molar-refractivity contribution >= 4 is 21.8 Å². The molecule has 1 amide bonds. The Kier molecular flexibility index (Phi) is 4.18. The third kappa shape index (κ3) is 3.54. The molecule has 2 atom stereocenters. The molecule has 92 valence electrons. The number of hydrogen-bond acceptors (Lipinski definition) is 2. The Labute approximate surface area is 110 Å². The molecule has 1 N–H and O–H groups in total. The van der Waals surface area contributed by atoms with Gasteiger partial charge in [0.2, 0.25) is 5.91 Å². The Morgan fingerprint density at radius 2 is 2.12 bits per heavy atom. The van der Waals surface area contributed by atoms with Gasteiger partial charge in [-0.2, -0.15) is 0 Å². The highest BCUT2D eigenvalue weighted by molar-refractivity contribution is 9.10. The van der Waals surface area contributed by atoms with Gasteiger partial charge in [-0.25, -0.2) is 0 Å². The maximum Gasteiger partial charge on any atom is 0.249 e. The van der Waals surface area contributed by atoms with Crippen LogP contribution < -0.4 is 5.32 Å². The minimum absolute atomic E-state index is 0.00253. The van der Waals surface area contributed by atoms with E-state index in [9.17, 15) is 4.79 Å². The number of carbonyl (C=O) groups is 1. The van der Waals surface area contributed by atoms with Crippen molar-refractivity contribution in [3.05, 3.63) is 34.3 Å². The number of benzene rings is 1. The number of hydrogen-bond donors (Lipinski definition) is 1. The maximum atomic E-state index is 11.8. The van der Waals surface area contributed by atoms with E-state index in [0.29, 0.717) is 6.54 Å². The van der Waals surface area contributed by atoms with Crippen molar-refractivity contribution in [3.63, 3.8) is 0 Å². The van der Waals surface area contributed by atoms with Crippen LogP contribution in [0.4, 0.5) is 0 Å². The number of rotatable bonds is 3. The summed E-state index contributed by atoms with van der Waals surface area (Å²) in [5.74, 6) is -0.00253. The fourth-order valence-electron chi connectivity index (χ4n) is 1.90. The van der Waals surface area contributed by atoms with Gasteiger partial charge in [-0.15, -0.1) is 0 Å². The second-order valence-electron chi connectivity index (χ2n) is 4.36. The molecule has 17 heavy (non-hydrogen) atoms. The van der Waals surface area contributed by atoms with Gasteiger partial charge in [0, 0.05) is 11.0 Å². The second kappa shape index (κ2) is 5.65. The number of halogens is 1. The predicted molar refractivity (Wildman–Crippen MR) is 69.6 cm³/mol. The third-order valence-corrected chi connectivity index (χ3v) is 3.43. The van der Waals surface area contributed by atoms with Crippen LogP contribution in [-0.2, 0) is 16.1 Å². The standard InChI is InChI=1S/C13H16BrNO2/c1-9-2-7-12(17-9)13(16)15-8-10-3-5-11(14)6-4-10/h3-6,9,12H,2,7-8H2,1H3,(H,15,16). The van der Waals surface area contributed by atoms with Crippen LogP contribution in [0.1, 0.15) is 25.3 Å². The molecule has 0 spiro atoms. The summed E-state index contributed by atoms with van der Waals surface area (Å²) in [6.07, 6.45) is 1.74. The first-order chi connectivity index (χ1) is 8.15. The molecule has 1 aliphatic heterocycles. The highest BCUT2D eigenvalue weighted by Crippen LogP contribution is 2.19. The summed E-state index contributed by atoms with van der Waals surface area (Å²) < 4.78 is 6.55. The van der Waals surface area contributed by atoms with E-state index < -0.39 is 0 Å². The number of carbonyl (C=O) groups excluding carboxylic acids is 1. The van der Waals surface area contributed by atoms with Crippen molar-refractivity contribution in [2.75, 3.05) is 0 Å². The van der Waals surface area contributed by atoms with Crippen LogP contribution in [0.5, 0.6) is 0 Å². The molecule has 1 heterocycles. The maximum absolute atomic E-state index is 11.8. The number of nitrogens with one attached hydrogen (secondary N) is 1. The van der Waals surface area contributed by atoms with E-state index in [4.69, 9.17) is 4.74 Å². The summed E-state index contributed by atoms with van der Waals surface area (Å²) >= 11 is 3.38. The van der Waals surface area contributed by atoms with E-state index in [1.807, 2.05) is 31.2 Å². The van der Waals surface area contributed by atoms with Crippen molar-refractivity contribution in [2.24, 2.45) is 0 Å². The minimum atomic E-state index is -0.263. The monoisotopic (exact) mass is 297 g/mol. The number of amides is 1. The first kappa shape index (κ1) is 12.6. The van der Waals surface area contributed by atoms with Gasteiger partial charge in [0.1, 0.15) is 6.10 Å². The van der Waals surface area contributed by atoms with Gasteiger partial charge in [0.05, 0.1) is 6.10 Å². The van der Waals surface area contributed by atoms with Crippen LogP contribution in [-0.4, -0.2) is 18.1 Å². The first-order valence-electron chi connectivity index (χ1n) is 5.83. The highest BCUT2D eigenvalue weighted by Gasteiger charge is 2.27. The van der Waals surface area contributed by atoms with E-state index in [2.05, 4.69) is 21.2 Å². The van der Waals surface area contributed by atoms with Gasteiger partial charge in [-0.1, -0.05) is 28.1 Å². The topological polar surface area (TPSA) is 38.3 Å². The Balaban J connectivity index is 1.82. The summed E-state index contributed by atoms with van der Waals surface area (Å²) in [5, 5.41) is 2.90. The van der Waals surface area contributed by atoms with Crippen molar-refractivity contribution < 1.29 is 9.53 Å². The molecule has 1 saturated heterocycles. The third-order valence-electron chi connectivity index (χ3n) is 2.90. The second-order valence-corrected chi connectivity index (χ2v) is 5.27. The molecular formula is C13H16BrNO2. The Hall–Kier alpha value is -0.870. The van der Waals surface area contributed by atoms with E-state index in [1.54, 1.807) is 0 Å². The normalized spacial score (nSPS) is 23.6. The van der Waals surface area contributed by atoms with Gasteiger partial charge in [-0.05, 0) is 37.5 Å². The summed E-state index contributed by atoms with van der Waals surface area (Å²) in [5.41, 5.74) is 1.09. The molecule has 0 saturated carbocycles. The summed E-state index contributed by atoms with van der Waals surface area (Å²) in [6.45, 7) is 2.56. The average Bonchev–Trinajstić information content (AvgIpc) is 2.75. The van der Waals surface area contributed by atoms with E-state index in [1.165, 1.54) is 0 Å². The van der Waals surface area contributed by atoms with Crippen molar-refractivity contribution in [3.8, 4) is 0 Å². The van der Waals surface area contributed by atoms with Crippen molar-refractivity contribution in [1.82, 2.24) is 5.32 Å². The molecule has 0 bridgehead atoms. The van der Waals surface area contributed by atoms with Crippen LogP contribution in [0.15, 0.2) is 28.7 Å². The molecule has 1 aromatic rings. The van der Waals surface area contributed by atoms with Crippen LogP contribution in [0.3, 0.4) is 0 Å². The average molecular weight is 298 g/mol. The molecule has 0 aromatic heterocycles. The lowest BCUT2D eigenvalue weighted by Crippen LogP contribution is -2.34. The Bertz CT molecular complexity index is 391. The van der Waals surface area contributed by atoms with E-state index >= 15 is 0 Å². The van der Waals surface area contributed by atoms with Gasteiger partial charge in [0.25, 0.3) is 0 Å². The van der Waals surface area contributed by atoms with Crippen LogP contribution in [0, 0.1) is 0 Å². The molecule has 2 unspecified atom stereocenters. The largest absolute Gasteiger partial charge is 0.365 e. The molecule has 0 aliphatic carbocycles. The van der Waals surface area contributed by atoms with Crippen molar-refractivity contribution in [1.29, 1.82) is 0 Å². The van der Waals surface area contributed by atoms with Gasteiger partial charge >= 0.3 is 0 Å². The summed E-state index contributed by atoms with van der Waals surface area (Å²) in [6, 6.07) is 7.91. The van der Waals surface area contributed by atoms with E-state index in [-0.39, 0.29) is 18.1 Å². The fourth-order valence-corrected chi connectivity index (χ4v) is 2.17. The summed E-state index contributed by atoms with van der Waals surface area (Å²) in [4.78, 5) is 11.8. The molecule has 0 radical (unpaired) electrons. The molecule has 1 aliphatic rings. The molecule has 1 fully saturated rings. The smallest absolute Gasteiger partial charge is 0.249 e. The number of ether oxygens (including phenoxy) is 1. The van der Waals surface area contributed by atoms with Gasteiger partial charge in [0.15, 0.2) is 0 Å². The zero-order valence-corrected chi connectivity index (χ0v) is 11.4. The fraction of sp³-hybridized carbons (Fsp3) is 0.462. The van der Waals surface area contributed by atoms with Crippen LogP contribution in [0.25, 0.3) is 0 Å². The first-order valence-corrected chi connectivity index (χ1v) is 6.62. The lowest BCUT2D eigenvalue weighted by molar-refractivity contribution is -0.131. The van der Waals surface area contributed by atoms with Gasteiger partial charge < -0.3 is 10.1 Å². The van der Waals surface area contributed by atoms with Crippen LogP contribution in [0.2, 0.25) is 0 Å².